The lowest BCUT2D eigenvalue weighted by atomic mass is 9.76. The number of amides is 1. The molecule has 1 amide bonds. The summed E-state index contributed by atoms with van der Waals surface area (Å²) in [5.41, 5.74) is 1.87. The first-order valence-electron chi connectivity index (χ1n) is 11.5. The molecule has 3 rings (SSSR count). The zero-order chi connectivity index (χ0) is 22.1. The second-order valence-electron chi connectivity index (χ2n) is 8.62. The van der Waals surface area contributed by atoms with Crippen LogP contribution in [0.4, 0.5) is 0 Å². The molecule has 2 unspecified atom stereocenters. The van der Waals surface area contributed by atoms with E-state index in [1.54, 1.807) is 0 Å². The van der Waals surface area contributed by atoms with Crippen molar-refractivity contribution in [3.63, 3.8) is 0 Å². The monoisotopic (exact) mass is 424 g/mol. The van der Waals surface area contributed by atoms with Crippen LogP contribution < -0.4 is 10.6 Å². The summed E-state index contributed by atoms with van der Waals surface area (Å²) in [7, 11) is 0. The van der Waals surface area contributed by atoms with Crippen LogP contribution in [0.2, 0.25) is 0 Å². The molecule has 4 N–H and O–H groups in total. The van der Waals surface area contributed by atoms with Gasteiger partial charge in [-0.05, 0) is 55.2 Å². The summed E-state index contributed by atoms with van der Waals surface area (Å²) < 4.78 is 0. The fourth-order valence-corrected chi connectivity index (χ4v) is 4.68. The van der Waals surface area contributed by atoms with Crippen LogP contribution in [-0.2, 0) is 4.79 Å². The Hall–Kier alpha value is -2.21. The number of rotatable bonds is 10. The van der Waals surface area contributed by atoms with Crippen LogP contribution in [0.5, 0.6) is 0 Å². The minimum Gasteiger partial charge on any atom is -0.388 e. The van der Waals surface area contributed by atoms with Gasteiger partial charge in [0.25, 0.3) is 0 Å². The highest BCUT2D eigenvalue weighted by Crippen LogP contribution is 2.33. The molecular weight excluding hydrogens is 388 g/mol. The van der Waals surface area contributed by atoms with E-state index >= 15 is 0 Å². The van der Waals surface area contributed by atoms with Gasteiger partial charge in [-0.25, -0.2) is 0 Å². The summed E-state index contributed by atoms with van der Waals surface area (Å²) in [5, 5.41) is 28.0. The summed E-state index contributed by atoms with van der Waals surface area (Å²) >= 11 is 0. The van der Waals surface area contributed by atoms with Gasteiger partial charge in [-0.15, -0.1) is 0 Å². The van der Waals surface area contributed by atoms with E-state index in [0.29, 0.717) is 25.2 Å². The normalized spacial score (nSPS) is 23.1. The van der Waals surface area contributed by atoms with Gasteiger partial charge in [-0.2, -0.15) is 0 Å². The fourth-order valence-electron chi connectivity index (χ4n) is 4.68. The largest absolute Gasteiger partial charge is 0.388 e. The summed E-state index contributed by atoms with van der Waals surface area (Å²) in [6.45, 7) is 3.48. The summed E-state index contributed by atoms with van der Waals surface area (Å²) in [6, 6.07) is 19.6. The first-order chi connectivity index (χ1) is 15.1. The molecule has 0 aliphatic carbocycles. The van der Waals surface area contributed by atoms with Crippen LogP contribution in [-0.4, -0.2) is 35.3 Å². The number of hydrogen-bond acceptors (Lipinski definition) is 4. The van der Waals surface area contributed by atoms with E-state index in [1.165, 1.54) is 0 Å². The van der Waals surface area contributed by atoms with Crippen molar-refractivity contribution in [3.8, 4) is 0 Å². The second-order valence-corrected chi connectivity index (χ2v) is 8.62. The zero-order valence-electron chi connectivity index (χ0n) is 18.4. The predicted molar refractivity (Wildman–Crippen MR) is 123 cm³/mol. The van der Waals surface area contributed by atoms with E-state index in [2.05, 4.69) is 10.6 Å². The van der Waals surface area contributed by atoms with Crippen molar-refractivity contribution < 1.29 is 15.0 Å². The number of piperidine rings is 1. The van der Waals surface area contributed by atoms with E-state index in [-0.39, 0.29) is 17.9 Å². The molecule has 31 heavy (non-hydrogen) atoms. The minimum absolute atomic E-state index is 0.0445. The molecule has 0 bridgehead atoms. The van der Waals surface area contributed by atoms with E-state index < -0.39 is 12.2 Å². The highest BCUT2D eigenvalue weighted by molar-refractivity contribution is 5.75. The van der Waals surface area contributed by atoms with Gasteiger partial charge < -0.3 is 20.8 Å². The number of aliphatic hydroxyl groups is 2. The van der Waals surface area contributed by atoms with Crippen LogP contribution in [0.15, 0.2) is 60.7 Å². The Kier molecular flexibility index (Phi) is 9.07. The van der Waals surface area contributed by atoms with Gasteiger partial charge in [0.2, 0.25) is 5.91 Å². The molecule has 0 aromatic heterocycles. The number of carbonyl (C=O) groups is 1. The molecule has 1 saturated heterocycles. The smallest absolute Gasteiger partial charge is 0.219 e. The molecule has 5 heteroatoms. The molecule has 1 heterocycles. The highest BCUT2D eigenvalue weighted by atomic mass is 16.3. The number of nitrogens with one attached hydrogen (secondary N) is 2. The average molecular weight is 425 g/mol. The van der Waals surface area contributed by atoms with Crippen LogP contribution in [0, 0.1) is 11.8 Å². The molecule has 2 aromatic carbocycles. The maximum absolute atomic E-state index is 12.1. The first kappa shape index (κ1) is 23.5. The van der Waals surface area contributed by atoms with Crippen LogP contribution in [0.3, 0.4) is 0 Å². The molecule has 168 valence electrons. The third-order valence-electron chi connectivity index (χ3n) is 6.51. The molecule has 1 fully saturated rings. The third kappa shape index (κ3) is 6.89. The molecule has 1 aliphatic rings. The van der Waals surface area contributed by atoms with Crippen molar-refractivity contribution in [2.75, 3.05) is 13.1 Å². The Morgan fingerprint density at radius 2 is 1.48 bits per heavy atom. The van der Waals surface area contributed by atoms with Crippen molar-refractivity contribution in [2.24, 2.45) is 11.8 Å². The van der Waals surface area contributed by atoms with Crippen molar-refractivity contribution in [2.45, 2.75) is 57.3 Å². The van der Waals surface area contributed by atoms with E-state index in [1.807, 2.05) is 67.6 Å². The van der Waals surface area contributed by atoms with Gasteiger partial charge in [-0.3, -0.25) is 4.79 Å². The maximum Gasteiger partial charge on any atom is 0.219 e. The van der Waals surface area contributed by atoms with Crippen molar-refractivity contribution in [3.05, 3.63) is 71.8 Å². The van der Waals surface area contributed by atoms with E-state index in [9.17, 15) is 15.0 Å². The molecule has 2 aromatic rings. The first-order valence-corrected chi connectivity index (χ1v) is 11.5. The Bertz CT molecular complexity index is 784. The molecule has 1 aliphatic heterocycles. The topological polar surface area (TPSA) is 81.6 Å². The summed E-state index contributed by atoms with van der Waals surface area (Å²) in [4.78, 5) is 12.1. The zero-order valence-corrected chi connectivity index (χ0v) is 18.4. The predicted octanol–water partition coefficient (Wildman–Crippen LogP) is 3.74. The lowest BCUT2D eigenvalue weighted by molar-refractivity contribution is -0.122. The molecule has 0 spiro atoms. The van der Waals surface area contributed by atoms with Crippen molar-refractivity contribution in [1.82, 2.24) is 10.6 Å². The third-order valence-corrected chi connectivity index (χ3v) is 6.51. The Morgan fingerprint density at radius 3 is 2.03 bits per heavy atom. The molecule has 5 nitrogen and oxygen atoms in total. The standard InChI is InChI=1S/C26H36N2O3/c1-2-26(31)28-23-18-27-17-21(13-15-24(29)19-9-5-3-6-10-19)22(23)14-16-25(30)20-11-7-4-8-12-20/h3-12,21-25,27,29-30H,2,13-18H2,1H3,(H,28,31)/t21-,22-,23+,24?,25?/m0/s1. The molecule has 0 radical (unpaired) electrons. The lowest BCUT2D eigenvalue weighted by Crippen LogP contribution is -2.55. The fraction of sp³-hybridized carbons (Fsp3) is 0.500. The van der Waals surface area contributed by atoms with Gasteiger partial charge in [0, 0.05) is 19.0 Å². The summed E-state index contributed by atoms with van der Waals surface area (Å²) in [6.07, 6.45) is 2.52. The van der Waals surface area contributed by atoms with Crippen LogP contribution in [0.25, 0.3) is 0 Å². The summed E-state index contributed by atoms with van der Waals surface area (Å²) in [5.74, 6) is 0.653. The lowest BCUT2D eigenvalue weighted by Gasteiger charge is -2.40. The molecular formula is C26H36N2O3. The van der Waals surface area contributed by atoms with Gasteiger partial charge >= 0.3 is 0 Å². The second kappa shape index (κ2) is 12.0. The van der Waals surface area contributed by atoms with Gasteiger partial charge in [0.05, 0.1) is 12.2 Å². The number of aliphatic hydroxyl groups excluding tert-OH is 2. The van der Waals surface area contributed by atoms with Crippen LogP contribution >= 0.6 is 0 Å². The number of carbonyl (C=O) groups excluding carboxylic acids is 1. The Balaban J connectivity index is 1.65. The highest BCUT2D eigenvalue weighted by Gasteiger charge is 2.34. The van der Waals surface area contributed by atoms with E-state index in [0.717, 1.165) is 37.1 Å². The molecule has 5 atom stereocenters. The van der Waals surface area contributed by atoms with E-state index in [4.69, 9.17) is 0 Å². The maximum atomic E-state index is 12.1. The molecule has 0 saturated carbocycles. The number of benzene rings is 2. The van der Waals surface area contributed by atoms with Gasteiger partial charge in [-0.1, -0.05) is 67.6 Å². The quantitative estimate of drug-likeness (QED) is 0.468. The minimum atomic E-state index is -0.505. The number of hydrogen-bond donors (Lipinski definition) is 4. The average Bonchev–Trinajstić information content (AvgIpc) is 2.82. The van der Waals surface area contributed by atoms with Gasteiger partial charge in [0.1, 0.15) is 0 Å². The van der Waals surface area contributed by atoms with Crippen LogP contribution in [0.1, 0.15) is 62.4 Å². The van der Waals surface area contributed by atoms with Crippen molar-refractivity contribution >= 4 is 5.91 Å². The SMILES string of the molecule is CCC(=O)N[C@@H]1CNC[C@H](CCC(O)c2ccccc2)[C@@H]1CCC(O)c1ccccc1. The van der Waals surface area contributed by atoms with Gasteiger partial charge in [0.15, 0.2) is 0 Å². The van der Waals surface area contributed by atoms with Crippen molar-refractivity contribution in [1.29, 1.82) is 0 Å². The Labute approximate surface area is 185 Å². The Morgan fingerprint density at radius 1 is 0.935 bits per heavy atom.